The standard InChI is InChI=1S/C19H15NO6S3/c1-25-13-9-11(4-5-12(13)26-18(24)14-3-2-8-28-14)10-15-17(23)20(19(27)29-15)7-6-16(21)22/h2-5,8-10H,6-7H2,1H3,(H,21,22)/b15-10+. The lowest BCUT2D eigenvalue weighted by molar-refractivity contribution is -0.137. The summed E-state index contributed by atoms with van der Waals surface area (Å²) in [4.78, 5) is 37.5. The maximum Gasteiger partial charge on any atom is 0.353 e. The first kappa shape index (κ1) is 21.0. The topological polar surface area (TPSA) is 93.1 Å². The van der Waals surface area contributed by atoms with E-state index in [1.807, 2.05) is 0 Å². The highest BCUT2D eigenvalue weighted by atomic mass is 32.2. The van der Waals surface area contributed by atoms with Gasteiger partial charge in [0.25, 0.3) is 5.91 Å². The summed E-state index contributed by atoms with van der Waals surface area (Å²) in [5.41, 5.74) is 0.650. The Morgan fingerprint density at radius 3 is 2.72 bits per heavy atom. The van der Waals surface area contributed by atoms with Crippen LogP contribution in [0, 0.1) is 0 Å². The minimum Gasteiger partial charge on any atom is -0.493 e. The minimum atomic E-state index is -1.000. The van der Waals surface area contributed by atoms with Gasteiger partial charge in [0, 0.05) is 6.54 Å². The Labute approximate surface area is 179 Å². The Kier molecular flexibility index (Phi) is 6.68. The van der Waals surface area contributed by atoms with Crippen molar-refractivity contribution >= 4 is 63.6 Å². The van der Waals surface area contributed by atoms with E-state index >= 15 is 0 Å². The number of carboxylic acids is 1. The van der Waals surface area contributed by atoms with Crippen molar-refractivity contribution in [3.63, 3.8) is 0 Å². The van der Waals surface area contributed by atoms with Gasteiger partial charge in [-0.25, -0.2) is 4.79 Å². The Morgan fingerprint density at radius 1 is 1.28 bits per heavy atom. The van der Waals surface area contributed by atoms with Gasteiger partial charge < -0.3 is 14.6 Å². The Balaban J connectivity index is 1.77. The molecule has 2 aromatic rings. The van der Waals surface area contributed by atoms with Gasteiger partial charge in [0.1, 0.15) is 9.20 Å². The van der Waals surface area contributed by atoms with Crippen molar-refractivity contribution in [3.8, 4) is 11.5 Å². The van der Waals surface area contributed by atoms with E-state index in [2.05, 4.69) is 0 Å². The molecule has 1 saturated heterocycles. The van der Waals surface area contributed by atoms with Gasteiger partial charge in [-0.3, -0.25) is 14.5 Å². The lowest BCUT2D eigenvalue weighted by atomic mass is 10.2. The van der Waals surface area contributed by atoms with Crippen molar-refractivity contribution in [2.24, 2.45) is 0 Å². The van der Waals surface area contributed by atoms with Crippen LogP contribution < -0.4 is 9.47 Å². The van der Waals surface area contributed by atoms with Crippen LogP contribution in [0.5, 0.6) is 11.5 Å². The van der Waals surface area contributed by atoms with Crippen molar-refractivity contribution in [1.29, 1.82) is 0 Å². The van der Waals surface area contributed by atoms with E-state index in [1.165, 1.54) is 23.3 Å². The Morgan fingerprint density at radius 2 is 2.07 bits per heavy atom. The molecule has 0 bridgehead atoms. The molecule has 1 aromatic heterocycles. The average molecular weight is 450 g/mol. The number of thiophene rings is 1. The summed E-state index contributed by atoms with van der Waals surface area (Å²) in [7, 11) is 1.45. The molecule has 0 unspecified atom stereocenters. The van der Waals surface area contributed by atoms with Gasteiger partial charge in [-0.15, -0.1) is 11.3 Å². The van der Waals surface area contributed by atoms with Gasteiger partial charge >= 0.3 is 11.9 Å². The number of rotatable bonds is 7. The zero-order valence-electron chi connectivity index (χ0n) is 15.1. The predicted molar refractivity (Wildman–Crippen MR) is 114 cm³/mol. The third kappa shape index (κ3) is 5.03. The van der Waals surface area contributed by atoms with Crippen LogP contribution in [0.1, 0.15) is 21.7 Å². The lowest BCUT2D eigenvalue weighted by Crippen LogP contribution is -2.30. The van der Waals surface area contributed by atoms with Crippen LogP contribution in [0.3, 0.4) is 0 Å². The maximum atomic E-state index is 12.5. The molecule has 1 aromatic carbocycles. The summed E-state index contributed by atoms with van der Waals surface area (Å²) in [6.07, 6.45) is 1.45. The zero-order valence-corrected chi connectivity index (χ0v) is 17.6. The number of thiocarbonyl (C=S) groups is 1. The number of hydrogen-bond acceptors (Lipinski definition) is 8. The average Bonchev–Trinajstić information content (AvgIpc) is 3.31. The third-order valence-corrected chi connectivity index (χ3v) is 6.06. The number of esters is 1. The number of carbonyl (C=O) groups excluding carboxylic acids is 2. The van der Waals surface area contributed by atoms with E-state index < -0.39 is 11.9 Å². The number of thioether (sulfide) groups is 1. The van der Waals surface area contributed by atoms with Gasteiger partial charge in [-0.2, -0.15) is 0 Å². The van der Waals surface area contributed by atoms with Crippen molar-refractivity contribution < 1.29 is 29.0 Å². The third-order valence-electron chi connectivity index (χ3n) is 3.83. The van der Waals surface area contributed by atoms with Crippen LogP contribution in [0.2, 0.25) is 0 Å². The number of benzene rings is 1. The number of ether oxygens (including phenoxy) is 2. The quantitative estimate of drug-likeness (QED) is 0.296. The molecule has 0 aliphatic carbocycles. The van der Waals surface area contributed by atoms with Crippen molar-refractivity contribution in [2.45, 2.75) is 6.42 Å². The van der Waals surface area contributed by atoms with E-state index in [-0.39, 0.29) is 24.6 Å². The van der Waals surface area contributed by atoms with Crippen LogP contribution in [-0.4, -0.2) is 45.8 Å². The number of carboxylic acid groups (broad SMARTS) is 1. The fourth-order valence-electron chi connectivity index (χ4n) is 2.45. The molecule has 1 N–H and O–H groups in total. The number of carbonyl (C=O) groups is 3. The first-order valence-electron chi connectivity index (χ1n) is 8.30. The smallest absolute Gasteiger partial charge is 0.353 e. The van der Waals surface area contributed by atoms with Crippen molar-refractivity contribution in [1.82, 2.24) is 4.90 Å². The molecule has 1 amide bonds. The molecular formula is C19H15NO6S3. The highest BCUT2D eigenvalue weighted by Crippen LogP contribution is 2.35. The van der Waals surface area contributed by atoms with Crippen LogP contribution in [-0.2, 0) is 9.59 Å². The summed E-state index contributed by atoms with van der Waals surface area (Å²) < 4.78 is 11.0. The summed E-state index contributed by atoms with van der Waals surface area (Å²) >= 11 is 7.55. The molecule has 0 radical (unpaired) electrons. The minimum absolute atomic E-state index is 0.0261. The summed E-state index contributed by atoms with van der Waals surface area (Å²) in [6, 6.07) is 8.33. The molecule has 7 nitrogen and oxygen atoms in total. The highest BCUT2D eigenvalue weighted by molar-refractivity contribution is 8.26. The van der Waals surface area contributed by atoms with Gasteiger partial charge in [-0.05, 0) is 35.2 Å². The molecule has 1 fully saturated rings. The molecule has 0 spiro atoms. The fourth-order valence-corrected chi connectivity index (χ4v) is 4.36. The highest BCUT2D eigenvalue weighted by Gasteiger charge is 2.32. The molecule has 2 heterocycles. The summed E-state index contributed by atoms with van der Waals surface area (Å²) in [6.45, 7) is 0.0261. The first-order chi connectivity index (χ1) is 13.9. The van der Waals surface area contributed by atoms with Gasteiger partial charge in [0.15, 0.2) is 11.5 Å². The Bertz CT molecular complexity index is 999. The number of hydrogen-bond donors (Lipinski definition) is 1. The largest absolute Gasteiger partial charge is 0.493 e. The lowest BCUT2D eigenvalue weighted by Gasteiger charge is -2.12. The second-order valence-electron chi connectivity index (χ2n) is 5.75. The zero-order chi connectivity index (χ0) is 21.0. The molecule has 10 heteroatoms. The fraction of sp³-hybridized carbons (Fsp3) is 0.158. The van der Waals surface area contributed by atoms with E-state index in [9.17, 15) is 14.4 Å². The molecule has 0 saturated carbocycles. The van der Waals surface area contributed by atoms with Crippen LogP contribution >= 0.6 is 35.3 Å². The summed E-state index contributed by atoms with van der Waals surface area (Å²) in [5, 5.41) is 10.6. The number of methoxy groups -OCH3 is 1. The molecule has 0 atom stereocenters. The van der Waals surface area contributed by atoms with Gasteiger partial charge in [-0.1, -0.05) is 36.1 Å². The molecule has 3 rings (SSSR count). The van der Waals surface area contributed by atoms with Crippen LogP contribution in [0.4, 0.5) is 0 Å². The van der Waals surface area contributed by atoms with Crippen molar-refractivity contribution in [2.75, 3.05) is 13.7 Å². The number of amides is 1. The van der Waals surface area contributed by atoms with Crippen LogP contribution in [0.25, 0.3) is 6.08 Å². The first-order valence-corrected chi connectivity index (χ1v) is 10.4. The van der Waals surface area contributed by atoms with E-state index in [1.54, 1.807) is 41.8 Å². The van der Waals surface area contributed by atoms with Gasteiger partial charge in [0.2, 0.25) is 0 Å². The monoisotopic (exact) mass is 449 g/mol. The maximum absolute atomic E-state index is 12.5. The van der Waals surface area contributed by atoms with E-state index in [0.717, 1.165) is 11.8 Å². The predicted octanol–water partition coefficient (Wildman–Crippen LogP) is 3.65. The molecule has 1 aliphatic heterocycles. The van der Waals surface area contributed by atoms with Crippen molar-refractivity contribution in [3.05, 3.63) is 51.1 Å². The molecular weight excluding hydrogens is 434 g/mol. The summed E-state index contributed by atoms with van der Waals surface area (Å²) in [5.74, 6) is -1.22. The molecule has 1 aliphatic rings. The van der Waals surface area contributed by atoms with E-state index in [0.29, 0.717) is 25.4 Å². The molecule has 150 valence electrons. The second-order valence-corrected chi connectivity index (χ2v) is 8.38. The Hall–Kier alpha value is -2.69. The SMILES string of the molecule is COc1cc(/C=C2/SC(=S)N(CCC(=O)O)C2=O)ccc1OC(=O)c1cccs1. The van der Waals surface area contributed by atoms with E-state index in [4.69, 9.17) is 26.8 Å². The second kappa shape index (κ2) is 9.21. The van der Waals surface area contributed by atoms with Gasteiger partial charge in [0.05, 0.1) is 18.4 Å². The number of nitrogens with zero attached hydrogens (tertiary/aromatic N) is 1. The number of aliphatic carboxylic acids is 1. The molecule has 29 heavy (non-hydrogen) atoms. The normalized spacial score (nSPS) is 15.1. The van der Waals surface area contributed by atoms with Crippen LogP contribution in [0.15, 0.2) is 40.6 Å².